The van der Waals surface area contributed by atoms with Crippen LogP contribution in [0.5, 0.6) is 0 Å². The molecule has 0 saturated carbocycles. The Hall–Kier alpha value is -0.980. The number of hydrogen-bond acceptors (Lipinski definition) is 5. The van der Waals surface area contributed by atoms with E-state index in [1.807, 2.05) is 12.4 Å². The first-order chi connectivity index (χ1) is 11.7. The number of carbonyl (C=O) groups is 1. The van der Waals surface area contributed by atoms with Crippen LogP contribution < -0.4 is 5.32 Å². The van der Waals surface area contributed by atoms with Crippen LogP contribution in [-0.2, 0) is 16.1 Å². The third-order valence-electron chi connectivity index (χ3n) is 5.19. The molecule has 5 nitrogen and oxygen atoms in total. The quantitative estimate of drug-likeness (QED) is 0.820. The minimum atomic E-state index is 0.292. The zero-order chi connectivity index (χ0) is 16.8. The van der Waals surface area contributed by atoms with Crippen LogP contribution in [0.2, 0.25) is 0 Å². The number of aromatic nitrogens is 1. The Labute approximate surface area is 148 Å². The van der Waals surface area contributed by atoms with Crippen LogP contribution in [0.25, 0.3) is 0 Å². The molecule has 1 aromatic heterocycles. The number of hydrogen-bond donors (Lipinski definition) is 1. The zero-order valence-electron chi connectivity index (χ0n) is 14.6. The summed E-state index contributed by atoms with van der Waals surface area (Å²) < 4.78 is 5.54. The van der Waals surface area contributed by atoms with Crippen molar-refractivity contribution in [2.24, 2.45) is 11.8 Å². The van der Waals surface area contributed by atoms with Gasteiger partial charge in [0.1, 0.15) is 0 Å². The molecule has 0 radical (unpaired) electrons. The van der Waals surface area contributed by atoms with Crippen molar-refractivity contribution in [1.29, 1.82) is 0 Å². The lowest BCUT2D eigenvalue weighted by atomic mass is 9.96. The highest BCUT2D eigenvalue weighted by Crippen LogP contribution is 2.22. The average Bonchev–Trinajstić information content (AvgIpc) is 3.25. The van der Waals surface area contributed by atoms with E-state index in [4.69, 9.17) is 4.74 Å². The standard InChI is InChI=1S/C18H29N3O2S/c1-14-17(24-13-20-14)11-21(10-16-6-7-19-9-16)18(22)5-4-15-3-2-8-23-12-15/h13,15-16,19H,2-12H2,1H3/t15-,16+/m1/s1. The lowest BCUT2D eigenvalue weighted by Crippen LogP contribution is -2.36. The van der Waals surface area contributed by atoms with Gasteiger partial charge in [-0.25, -0.2) is 4.98 Å². The van der Waals surface area contributed by atoms with Crippen LogP contribution in [0.4, 0.5) is 0 Å². The van der Waals surface area contributed by atoms with E-state index < -0.39 is 0 Å². The lowest BCUT2D eigenvalue weighted by Gasteiger charge is -2.27. The Morgan fingerprint density at radius 2 is 2.38 bits per heavy atom. The SMILES string of the molecule is Cc1ncsc1CN(C[C@H]1CCNC1)C(=O)CC[C@H]1CCCOC1. The molecule has 2 aliphatic heterocycles. The van der Waals surface area contributed by atoms with Crippen molar-refractivity contribution in [3.05, 3.63) is 16.1 Å². The molecule has 1 aromatic rings. The number of nitrogens with one attached hydrogen (secondary N) is 1. The number of rotatable bonds is 7. The van der Waals surface area contributed by atoms with Gasteiger partial charge in [-0.3, -0.25) is 4.79 Å². The van der Waals surface area contributed by atoms with Crippen molar-refractivity contribution in [3.8, 4) is 0 Å². The topological polar surface area (TPSA) is 54.5 Å². The second-order valence-electron chi connectivity index (χ2n) is 7.12. The number of carbonyl (C=O) groups excluding carboxylic acids is 1. The molecule has 0 bridgehead atoms. The normalized spacial score (nSPS) is 24.2. The second-order valence-corrected chi connectivity index (χ2v) is 8.06. The number of nitrogens with zero attached hydrogens (tertiary/aromatic N) is 2. The Morgan fingerprint density at radius 3 is 3.04 bits per heavy atom. The average molecular weight is 352 g/mol. The summed E-state index contributed by atoms with van der Waals surface area (Å²) in [5, 5.41) is 3.41. The molecule has 2 fully saturated rings. The summed E-state index contributed by atoms with van der Waals surface area (Å²) in [6.07, 6.45) is 5.11. The summed E-state index contributed by atoms with van der Waals surface area (Å²) in [5.74, 6) is 1.43. The molecular weight excluding hydrogens is 322 g/mol. The third kappa shape index (κ3) is 5.01. The predicted molar refractivity (Wildman–Crippen MR) is 96.0 cm³/mol. The molecule has 0 unspecified atom stereocenters. The van der Waals surface area contributed by atoms with Crippen molar-refractivity contribution in [3.63, 3.8) is 0 Å². The van der Waals surface area contributed by atoms with E-state index in [1.165, 1.54) is 17.7 Å². The highest BCUT2D eigenvalue weighted by molar-refractivity contribution is 7.09. The van der Waals surface area contributed by atoms with Gasteiger partial charge in [0.25, 0.3) is 0 Å². The molecule has 24 heavy (non-hydrogen) atoms. The molecule has 0 aromatic carbocycles. The smallest absolute Gasteiger partial charge is 0.222 e. The van der Waals surface area contributed by atoms with Crippen LogP contribution in [-0.4, -0.2) is 48.6 Å². The van der Waals surface area contributed by atoms with Gasteiger partial charge in [0.15, 0.2) is 0 Å². The van der Waals surface area contributed by atoms with Gasteiger partial charge >= 0.3 is 0 Å². The van der Waals surface area contributed by atoms with E-state index in [0.29, 0.717) is 30.7 Å². The number of amides is 1. The number of thiazole rings is 1. The van der Waals surface area contributed by atoms with Gasteiger partial charge in [0, 0.05) is 31.1 Å². The summed E-state index contributed by atoms with van der Waals surface area (Å²) in [4.78, 5) is 20.5. The lowest BCUT2D eigenvalue weighted by molar-refractivity contribution is -0.132. The van der Waals surface area contributed by atoms with E-state index in [9.17, 15) is 4.79 Å². The van der Waals surface area contributed by atoms with Crippen molar-refractivity contribution in [2.45, 2.75) is 45.6 Å². The van der Waals surface area contributed by atoms with Gasteiger partial charge in [-0.15, -0.1) is 11.3 Å². The maximum atomic E-state index is 12.9. The van der Waals surface area contributed by atoms with E-state index >= 15 is 0 Å². The largest absolute Gasteiger partial charge is 0.381 e. The second kappa shape index (κ2) is 8.92. The Balaban J connectivity index is 1.56. The van der Waals surface area contributed by atoms with Crippen LogP contribution >= 0.6 is 11.3 Å². The molecule has 2 saturated heterocycles. The Morgan fingerprint density at radius 1 is 1.46 bits per heavy atom. The summed E-state index contributed by atoms with van der Waals surface area (Å²) in [5.41, 5.74) is 2.94. The van der Waals surface area contributed by atoms with E-state index in [1.54, 1.807) is 11.3 Å². The number of ether oxygens (including phenoxy) is 1. The number of aryl methyl sites for hydroxylation is 1. The van der Waals surface area contributed by atoms with Gasteiger partial charge in [0.05, 0.1) is 17.7 Å². The monoisotopic (exact) mass is 351 g/mol. The van der Waals surface area contributed by atoms with Crippen molar-refractivity contribution in [2.75, 3.05) is 32.8 Å². The summed E-state index contributed by atoms with van der Waals surface area (Å²) in [6.45, 7) is 7.43. The van der Waals surface area contributed by atoms with Gasteiger partial charge in [0.2, 0.25) is 5.91 Å². The van der Waals surface area contributed by atoms with Gasteiger partial charge < -0.3 is 15.0 Å². The van der Waals surface area contributed by atoms with E-state index in [2.05, 4.69) is 15.2 Å². The summed E-state index contributed by atoms with van der Waals surface area (Å²) in [6, 6.07) is 0. The fourth-order valence-electron chi connectivity index (χ4n) is 3.61. The van der Waals surface area contributed by atoms with Crippen LogP contribution in [0.3, 0.4) is 0 Å². The maximum Gasteiger partial charge on any atom is 0.222 e. The highest BCUT2D eigenvalue weighted by atomic mass is 32.1. The molecule has 1 amide bonds. The zero-order valence-corrected chi connectivity index (χ0v) is 15.4. The fraction of sp³-hybridized carbons (Fsp3) is 0.778. The van der Waals surface area contributed by atoms with Gasteiger partial charge in [-0.05, 0) is 57.5 Å². The molecule has 2 aliphatic rings. The van der Waals surface area contributed by atoms with Crippen LogP contribution in [0.1, 0.15) is 42.7 Å². The maximum absolute atomic E-state index is 12.9. The first-order valence-electron chi connectivity index (χ1n) is 9.17. The minimum absolute atomic E-state index is 0.292. The van der Waals surface area contributed by atoms with Crippen LogP contribution in [0, 0.1) is 18.8 Å². The first-order valence-corrected chi connectivity index (χ1v) is 10.1. The van der Waals surface area contributed by atoms with Crippen LogP contribution in [0.15, 0.2) is 5.51 Å². The summed E-state index contributed by atoms with van der Waals surface area (Å²) >= 11 is 1.66. The third-order valence-corrected chi connectivity index (χ3v) is 6.11. The van der Waals surface area contributed by atoms with E-state index in [0.717, 1.165) is 51.4 Å². The van der Waals surface area contributed by atoms with Crippen molar-refractivity contribution in [1.82, 2.24) is 15.2 Å². The molecule has 3 heterocycles. The highest BCUT2D eigenvalue weighted by Gasteiger charge is 2.24. The van der Waals surface area contributed by atoms with Crippen molar-refractivity contribution >= 4 is 17.2 Å². The minimum Gasteiger partial charge on any atom is -0.381 e. The summed E-state index contributed by atoms with van der Waals surface area (Å²) in [7, 11) is 0. The van der Waals surface area contributed by atoms with Crippen molar-refractivity contribution < 1.29 is 9.53 Å². The molecule has 134 valence electrons. The Bertz CT molecular complexity index is 522. The van der Waals surface area contributed by atoms with Gasteiger partial charge in [-0.1, -0.05) is 0 Å². The molecule has 0 aliphatic carbocycles. The molecule has 1 N–H and O–H groups in total. The first kappa shape index (κ1) is 17.8. The molecule has 6 heteroatoms. The Kier molecular flexibility index (Phi) is 6.63. The molecular formula is C18H29N3O2S. The molecule has 2 atom stereocenters. The molecule has 0 spiro atoms. The predicted octanol–water partition coefficient (Wildman–Crippen LogP) is 2.60. The van der Waals surface area contributed by atoms with E-state index in [-0.39, 0.29) is 0 Å². The van der Waals surface area contributed by atoms with Gasteiger partial charge in [-0.2, -0.15) is 0 Å². The molecule has 3 rings (SSSR count). The fourth-order valence-corrected chi connectivity index (χ4v) is 4.40.